The van der Waals surface area contributed by atoms with Gasteiger partial charge in [0.05, 0.1) is 17.6 Å². The minimum absolute atomic E-state index is 0.0615. The van der Waals surface area contributed by atoms with Crippen LogP contribution in [0.25, 0.3) is 0 Å². The molecule has 18 heavy (non-hydrogen) atoms. The minimum Gasteiger partial charge on any atom is -0.394 e. The third-order valence-corrected chi connectivity index (χ3v) is 3.12. The molecule has 0 saturated heterocycles. The van der Waals surface area contributed by atoms with E-state index in [1.165, 1.54) is 12.1 Å². The number of aliphatic hydroxyl groups excluding tert-OH is 1. The van der Waals surface area contributed by atoms with E-state index in [-0.39, 0.29) is 18.3 Å². The van der Waals surface area contributed by atoms with Crippen molar-refractivity contribution in [3.63, 3.8) is 0 Å². The SMILES string of the molecule is CCCCC(CO)N(C)c1ccc([N+](=O)[O-])cc1. The number of benzene rings is 1. The first kappa shape index (κ1) is 14.4. The second-order valence-corrected chi connectivity index (χ2v) is 4.36. The summed E-state index contributed by atoms with van der Waals surface area (Å²) in [6, 6.07) is 6.46. The van der Waals surface area contributed by atoms with Gasteiger partial charge in [0.2, 0.25) is 0 Å². The number of anilines is 1. The van der Waals surface area contributed by atoms with E-state index in [0.717, 1.165) is 24.9 Å². The lowest BCUT2D eigenvalue weighted by atomic mass is 10.1. The maximum absolute atomic E-state index is 10.6. The predicted octanol–water partition coefficient (Wildman–Crippen LogP) is 2.58. The third-order valence-electron chi connectivity index (χ3n) is 3.12. The van der Waals surface area contributed by atoms with Gasteiger partial charge in [-0.2, -0.15) is 0 Å². The molecule has 0 spiro atoms. The number of non-ortho nitro benzene ring substituents is 1. The van der Waals surface area contributed by atoms with E-state index in [1.807, 2.05) is 11.9 Å². The predicted molar refractivity (Wildman–Crippen MR) is 71.9 cm³/mol. The van der Waals surface area contributed by atoms with Gasteiger partial charge in [0, 0.05) is 24.9 Å². The van der Waals surface area contributed by atoms with Gasteiger partial charge in [-0.3, -0.25) is 10.1 Å². The molecule has 1 rings (SSSR count). The summed E-state index contributed by atoms with van der Waals surface area (Å²) in [5, 5.41) is 19.9. The molecule has 0 saturated carbocycles. The largest absolute Gasteiger partial charge is 0.394 e. The Balaban J connectivity index is 2.75. The van der Waals surface area contributed by atoms with Crippen LogP contribution >= 0.6 is 0 Å². The quantitative estimate of drug-likeness (QED) is 0.598. The van der Waals surface area contributed by atoms with Gasteiger partial charge in [0.25, 0.3) is 5.69 Å². The van der Waals surface area contributed by atoms with Gasteiger partial charge < -0.3 is 10.0 Å². The Morgan fingerprint density at radius 3 is 2.44 bits per heavy atom. The number of aliphatic hydroxyl groups is 1. The number of hydrogen-bond acceptors (Lipinski definition) is 4. The molecule has 0 heterocycles. The fourth-order valence-electron chi connectivity index (χ4n) is 1.87. The number of nitrogens with zero attached hydrogens (tertiary/aromatic N) is 2. The van der Waals surface area contributed by atoms with E-state index in [1.54, 1.807) is 12.1 Å². The van der Waals surface area contributed by atoms with Crippen LogP contribution in [-0.4, -0.2) is 29.7 Å². The van der Waals surface area contributed by atoms with Gasteiger partial charge in [-0.15, -0.1) is 0 Å². The highest BCUT2D eigenvalue weighted by atomic mass is 16.6. The lowest BCUT2D eigenvalue weighted by Crippen LogP contribution is -2.34. The maximum Gasteiger partial charge on any atom is 0.269 e. The van der Waals surface area contributed by atoms with Crippen molar-refractivity contribution in [1.82, 2.24) is 0 Å². The Morgan fingerprint density at radius 1 is 1.39 bits per heavy atom. The molecule has 0 radical (unpaired) electrons. The fourth-order valence-corrected chi connectivity index (χ4v) is 1.87. The highest BCUT2D eigenvalue weighted by Crippen LogP contribution is 2.21. The molecule has 0 amide bonds. The van der Waals surface area contributed by atoms with Crippen LogP contribution in [0, 0.1) is 10.1 Å². The molecule has 0 aromatic heterocycles. The zero-order chi connectivity index (χ0) is 13.5. The van der Waals surface area contributed by atoms with Crippen molar-refractivity contribution in [2.75, 3.05) is 18.6 Å². The zero-order valence-corrected chi connectivity index (χ0v) is 10.9. The second kappa shape index (κ2) is 6.96. The Morgan fingerprint density at radius 2 is 2.00 bits per heavy atom. The molecule has 100 valence electrons. The van der Waals surface area contributed by atoms with Gasteiger partial charge in [0.15, 0.2) is 0 Å². The van der Waals surface area contributed by atoms with Gasteiger partial charge in [-0.25, -0.2) is 0 Å². The van der Waals surface area contributed by atoms with Crippen LogP contribution in [0.2, 0.25) is 0 Å². The van der Waals surface area contributed by atoms with Crippen LogP contribution in [0.1, 0.15) is 26.2 Å². The molecular formula is C13H20N2O3. The standard InChI is InChI=1S/C13H20N2O3/c1-3-4-5-13(10-16)14(2)11-6-8-12(9-7-11)15(17)18/h6-9,13,16H,3-5,10H2,1-2H3. The van der Waals surface area contributed by atoms with Crippen LogP contribution in [-0.2, 0) is 0 Å². The van der Waals surface area contributed by atoms with Crippen LogP contribution in [0.15, 0.2) is 24.3 Å². The van der Waals surface area contributed by atoms with Gasteiger partial charge >= 0.3 is 0 Å². The molecule has 0 fully saturated rings. The molecule has 1 unspecified atom stereocenters. The summed E-state index contributed by atoms with van der Waals surface area (Å²) >= 11 is 0. The number of hydrogen-bond donors (Lipinski definition) is 1. The normalized spacial score (nSPS) is 12.2. The van der Waals surface area contributed by atoms with Crippen molar-refractivity contribution in [2.24, 2.45) is 0 Å². The molecule has 0 aliphatic rings. The average Bonchev–Trinajstić information content (AvgIpc) is 2.39. The van der Waals surface area contributed by atoms with Crippen LogP contribution < -0.4 is 4.90 Å². The molecule has 1 aromatic rings. The first-order valence-electron chi connectivity index (χ1n) is 6.18. The topological polar surface area (TPSA) is 66.6 Å². The summed E-state index contributed by atoms with van der Waals surface area (Å²) in [4.78, 5) is 12.1. The van der Waals surface area contributed by atoms with Crippen molar-refractivity contribution < 1.29 is 10.0 Å². The van der Waals surface area contributed by atoms with Crippen molar-refractivity contribution in [3.8, 4) is 0 Å². The van der Waals surface area contributed by atoms with Crippen LogP contribution in [0.5, 0.6) is 0 Å². The van der Waals surface area contributed by atoms with Crippen molar-refractivity contribution >= 4 is 11.4 Å². The molecule has 1 atom stereocenters. The Kier molecular flexibility index (Phi) is 5.58. The number of rotatable bonds is 7. The van der Waals surface area contributed by atoms with E-state index < -0.39 is 4.92 Å². The number of nitro groups is 1. The lowest BCUT2D eigenvalue weighted by molar-refractivity contribution is -0.384. The van der Waals surface area contributed by atoms with Crippen molar-refractivity contribution in [2.45, 2.75) is 32.2 Å². The van der Waals surface area contributed by atoms with E-state index in [2.05, 4.69) is 6.92 Å². The summed E-state index contributed by atoms with van der Waals surface area (Å²) in [5.41, 5.74) is 0.969. The van der Waals surface area contributed by atoms with Crippen LogP contribution in [0.3, 0.4) is 0 Å². The number of likely N-dealkylation sites (N-methyl/N-ethyl adjacent to an activating group) is 1. The molecule has 0 aliphatic heterocycles. The maximum atomic E-state index is 10.6. The first-order chi connectivity index (χ1) is 8.60. The summed E-state index contributed by atoms with van der Waals surface area (Å²) in [7, 11) is 1.90. The minimum atomic E-state index is -0.412. The fraction of sp³-hybridized carbons (Fsp3) is 0.538. The molecule has 0 bridgehead atoms. The number of unbranched alkanes of at least 4 members (excludes halogenated alkanes) is 1. The Labute approximate surface area is 107 Å². The highest BCUT2D eigenvalue weighted by molar-refractivity contribution is 5.51. The third kappa shape index (κ3) is 3.70. The lowest BCUT2D eigenvalue weighted by Gasteiger charge is -2.28. The smallest absolute Gasteiger partial charge is 0.269 e. The monoisotopic (exact) mass is 252 g/mol. The highest BCUT2D eigenvalue weighted by Gasteiger charge is 2.14. The summed E-state index contributed by atoms with van der Waals surface area (Å²) in [6.45, 7) is 2.20. The van der Waals surface area contributed by atoms with Gasteiger partial charge in [-0.05, 0) is 18.6 Å². The molecule has 1 N–H and O–H groups in total. The van der Waals surface area contributed by atoms with E-state index >= 15 is 0 Å². The molecule has 5 heteroatoms. The summed E-state index contributed by atoms with van der Waals surface area (Å²) < 4.78 is 0. The van der Waals surface area contributed by atoms with E-state index in [0.29, 0.717) is 0 Å². The van der Waals surface area contributed by atoms with E-state index in [9.17, 15) is 15.2 Å². The number of nitro benzene ring substituents is 1. The Bertz CT molecular complexity index is 378. The molecule has 1 aromatic carbocycles. The average molecular weight is 252 g/mol. The zero-order valence-electron chi connectivity index (χ0n) is 10.9. The molecular weight excluding hydrogens is 232 g/mol. The van der Waals surface area contributed by atoms with Gasteiger partial charge in [-0.1, -0.05) is 19.8 Å². The molecule has 5 nitrogen and oxygen atoms in total. The van der Waals surface area contributed by atoms with E-state index in [4.69, 9.17) is 0 Å². The van der Waals surface area contributed by atoms with Gasteiger partial charge in [0.1, 0.15) is 0 Å². The Hall–Kier alpha value is -1.62. The second-order valence-electron chi connectivity index (χ2n) is 4.36. The molecule has 0 aliphatic carbocycles. The van der Waals surface area contributed by atoms with Crippen LogP contribution in [0.4, 0.5) is 11.4 Å². The summed E-state index contributed by atoms with van der Waals surface area (Å²) in [6.07, 6.45) is 3.06. The summed E-state index contributed by atoms with van der Waals surface area (Å²) in [5.74, 6) is 0. The van der Waals surface area contributed by atoms with Crippen molar-refractivity contribution in [3.05, 3.63) is 34.4 Å². The first-order valence-corrected chi connectivity index (χ1v) is 6.18. The van der Waals surface area contributed by atoms with Crippen molar-refractivity contribution in [1.29, 1.82) is 0 Å².